The Morgan fingerprint density at radius 1 is 0.968 bits per heavy atom. The molecule has 0 fully saturated rings. The van der Waals surface area contributed by atoms with E-state index in [4.69, 9.17) is 9.40 Å². The molecule has 4 aromatic rings. The van der Waals surface area contributed by atoms with Gasteiger partial charge >= 0.3 is 0 Å². The maximum Gasteiger partial charge on any atom is 0.226 e. The van der Waals surface area contributed by atoms with Crippen LogP contribution >= 0.6 is 11.3 Å². The zero-order valence-corrected chi connectivity index (χ0v) is 18.4. The van der Waals surface area contributed by atoms with Gasteiger partial charge in [0.2, 0.25) is 5.89 Å². The smallest absolute Gasteiger partial charge is 0.226 e. The maximum absolute atomic E-state index is 5.62. The summed E-state index contributed by atoms with van der Waals surface area (Å²) in [5, 5.41) is 9.77. The second kappa shape index (κ2) is 10.0. The third-order valence-corrected chi connectivity index (χ3v) is 5.70. The molecule has 0 saturated heterocycles. The molecule has 0 amide bonds. The summed E-state index contributed by atoms with van der Waals surface area (Å²) in [7, 11) is 1.76. The van der Waals surface area contributed by atoms with Gasteiger partial charge in [-0.05, 0) is 19.1 Å². The molecule has 0 aliphatic rings. The lowest BCUT2D eigenvalue weighted by atomic mass is 10.1. The minimum absolute atomic E-state index is 0.532. The number of hydrogen-bond acceptors (Lipinski definition) is 5. The Labute approximate surface area is 186 Å². The molecular formula is C24H25N5OS. The van der Waals surface area contributed by atoms with E-state index in [1.807, 2.05) is 42.5 Å². The van der Waals surface area contributed by atoms with E-state index in [9.17, 15) is 0 Å². The number of thiazole rings is 1. The highest BCUT2D eigenvalue weighted by atomic mass is 32.1. The first-order chi connectivity index (χ1) is 15.2. The van der Waals surface area contributed by atoms with E-state index in [0.717, 1.165) is 46.4 Å². The normalized spacial score (nSPS) is 11.5. The summed E-state index contributed by atoms with van der Waals surface area (Å²) in [4.78, 5) is 13.6. The number of rotatable bonds is 7. The Hall–Kier alpha value is -3.45. The largest absolute Gasteiger partial charge is 0.444 e. The molecule has 0 aliphatic carbocycles. The minimum atomic E-state index is 0.532. The molecule has 0 aliphatic heterocycles. The van der Waals surface area contributed by atoms with Crippen molar-refractivity contribution in [1.82, 2.24) is 20.6 Å². The molecule has 2 aromatic heterocycles. The molecule has 31 heavy (non-hydrogen) atoms. The average Bonchev–Trinajstić information content (AvgIpc) is 3.47. The van der Waals surface area contributed by atoms with Crippen molar-refractivity contribution in [1.29, 1.82) is 0 Å². The molecule has 4 rings (SSSR count). The number of nitrogens with zero attached hydrogens (tertiary/aromatic N) is 3. The molecule has 158 valence electrons. The number of aromatic nitrogens is 2. The number of aliphatic imine (C=N–C) groups is 1. The fourth-order valence-electron chi connectivity index (χ4n) is 3.06. The van der Waals surface area contributed by atoms with Crippen molar-refractivity contribution in [3.63, 3.8) is 0 Å². The Morgan fingerprint density at radius 3 is 2.55 bits per heavy atom. The van der Waals surface area contributed by atoms with Crippen molar-refractivity contribution in [2.75, 3.05) is 13.6 Å². The lowest BCUT2D eigenvalue weighted by Gasteiger charge is -2.10. The van der Waals surface area contributed by atoms with E-state index < -0.39 is 0 Å². The molecule has 2 aromatic carbocycles. The van der Waals surface area contributed by atoms with Gasteiger partial charge in [0.15, 0.2) is 5.96 Å². The highest BCUT2D eigenvalue weighted by molar-refractivity contribution is 7.13. The van der Waals surface area contributed by atoms with Crippen molar-refractivity contribution in [3.8, 4) is 22.0 Å². The van der Waals surface area contributed by atoms with Crippen LogP contribution in [-0.2, 0) is 13.0 Å². The van der Waals surface area contributed by atoms with Crippen molar-refractivity contribution in [2.45, 2.75) is 19.9 Å². The molecule has 2 heterocycles. The van der Waals surface area contributed by atoms with Crippen LogP contribution in [0, 0.1) is 6.92 Å². The maximum atomic E-state index is 5.62. The van der Waals surface area contributed by atoms with Crippen LogP contribution in [0.2, 0.25) is 0 Å². The summed E-state index contributed by atoms with van der Waals surface area (Å²) in [5.74, 6) is 1.34. The van der Waals surface area contributed by atoms with E-state index in [2.05, 4.69) is 45.0 Å². The van der Waals surface area contributed by atoms with Crippen molar-refractivity contribution < 1.29 is 4.42 Å². The van der Waals surface area contributed by atoms with Crippen molar-refractivity contribution >= 4 is 17.3 Å². The van der Waals surface area contributed by atoms with Gasteiger partial charge in [-0.25, -0.2) is 9.97 Å². The Kier molecular flexibility index (Phi) is 6.74. The first kappa shape index (κ1) is 20.8. The molecule has 7 heteroatoms. The Balaban J connectivity index is 1.25. The number of hydrogen-bond donors (Lipinski definition) is 2. The van der Waals surface area contributed by atoms with Gasteiger partial charge in [-0.1, -0.05) is 48.0 Å². The third-order valence-electron chi connectivity index (χ3n) is 4.76. The van der Waals surface area contributed by atoms with E-state index >= 15 is 0 Å². The molecule has 0 radical (unpaired) electrons. The van der Waals surface area contributed by atoms with Gasteiger partial charge in [-0.15, -0.1) is 11.3 Å². The summed E-state index contributed by atoms with van der Waals surface area (Å²) in [6.45, 7) is 3.33. The third kappa shape index (κ3) is 5.58. The number of guanidine groups is 1. The van der Waals surface area contributed by atoms with Crippen molar-refractivity contribution in [2.24, 2.45) is 4.99 Å². The summed E-state index contributed by atoms with van der Waals surface area (Å²) in [6.07, 6.45) is 2.50. The predicted molar refractivity (Wildman–Crippen MR) is 126 cm³/mol. The molecule has 6 nitrogen and oxygen atoms in total. The van der Waals surface area contributed by atoms with Crippen molar-refractivity contribution in [3.05, 3.63) is 83.2 Å². The summed E-state index contributed by atoms with van der Waals surface area (Å²) < 4.78 is 5.62. The quantitative estimate of drug-likeness (QED) is 0.328. The van der Waals surface area contributed by atoms with Crippen LogP contribution in [0.1, 0.15) is 17.0 Å². The molecular weight excluding hydrogens is 406 g/mol. The summed E-state index contributed by atoms with van der Waals surface area (Å²) in [6, 6.07) is 18.4. The van der Waals surface area contributed by atoms with E-state index in [1.165, 1.54) is 5.56 Å². The van der Waals surface area contributed by atoms with Gasteiger partial charge in [0.05, 0.1) is 17.9 Å². The van der Waals surface area contributed by atoms with Crippen LogP contribution in [0.3, 0.4) is 0 Å². The molecule has 2 N–H and O–H groups in total. The highest BCUT2D eigenvalue weighted by Gasteiger charge is 2.08. The SMILES string of the molecule is CN=C(NCCc1csc(-c2ccccc2)n1)NCc1coc(-c2ccc(C)cc2)n1. The highest BCUT2D eigenvalue weighted by Crippen LogP contribution is 2.23. The molecule has 0 atom stereocenters. The zero-order valence-electron chi connectivity index (χ0n) is 17.6. The molecule has 0 saturated carbocycles. The zero-order chi connectivity index (χ0) is 21.5. The Bertz CT molecular complexity index is 1130. The minimum Gasteiger partial charge on any atom is -0.444 e. The number of benzene rings is 2. The van der Waals surface area contributed by atoms with Crippen LogP contribution in [0.15, 0.2) is 75.7 Å². The monoisotopic (exact) mass is 431 g/mol. The predicted octanol–water partition coefficient (Wildman–Crippen LogP) is 4.68. The molecule has 0 bridgehead atoms. The molecule has 0 unspecified atom stereocenters. The molecule has 0 spiro atoms. The van der Waals surface area contributed by atoms with Gasteiger partial charge in [-0.2, -0.15) is 0 Å². The van der Waals surface area contributed by atoms with E-state index in [0.29, 0.717) is 12.4 Å². The van der Waals surface area contributed by atoms with Crippen LogP contribution in [0.25, 0.3) is 22.0 Å². The van der Waals surface area contributed by atoms with Gasteiger partial charge in [0.1, 0.15) is 11.3 Å². The Morgan fingerprint density at radius 2 is 1.77 bits per heavy atom. The first-order valence-corrected chi connectivity index (χ1v) is 11.0. The van der Waals surface area contributed by atoms with Gasteiger partial charge in [-0.3, -0.25) is 4.99 Å². The lowest BCUT2D eigenvalue weighted by molar-refractivity contribution is 0.572. The fraction of sp³-hybridized carbons (Fsp3) is 0.208. The van der Waals surface area contributed by atoms with Crippen LogP contribution < -0.4 is 10.6 Å². The van der Waals surface area contributed by atoms with Crippen LogP contribution in [0.4, 0.5) is 0 Å². The lowest BCUT2D eigenvalue weighted by Crippen LogP contribution is -2.37. The second-order valence-corrected chi connectivity index (χ2v) is 7.98. The number of oxazole rings is 1. The van der Waals surface area contributed by atoms with E-state index in [-0.39, 0.29) is 0 Å². The summed E-state index contributed by atoms with van der Waals surface area (Å²) >= 11 is 1.67. The topological polar surface area (TPSA) is 75.3 Å². The van der Waals surface area contributed by atoms with Crippen LogP contribution in [-0.4, -0.2) is 29.5 Å². The number of aryl methyl sites for hydroxylation is 1. The standard InChI is InChI=1S/C24H25N5OS/c1-17-8-10-18(11-9-17)22-28-21(15-30-22)14-27-24(25-2)26-13-12-20-16-31-23(29-20)19-6-4-3-5-7-19/h3-11,15-16H,12-14H2,1-2H3,(H2,25,26,27). The average molecular weight is 432 g/mol. The van der Waals surface area contributed by atoms with Gasteiger partial charge in [0.25, 0.3) is 0 Å². The summed E-state index contributed by atoms with van der Waals surface area (Å²) in [5.41, 5.74) is 5.23. The van der Waals surface area contributed by atoms with Crippen LogP contribution in [0.5, 0.6) is 0 Å². The number of nitrogens with one attached hydrogen (secondary N) is 2. The fourth-order valence-corrected chi connectivity index (χ4v) is 3.92. The van der Waals surface area contributed by atoms with Gasteiger partial charge in [0, 0.05) is 36.5 Å². The second-order valence-electron chi connectivity index (χ2n) is 7.12. The first-order valence-electron chi connectivity index (χ1n) is 10.2. The van der Waals surface area contributed by atoms with Gasteiger partial charge < -0.3 is 15.1 Å². The van der Waals surface area contributed by atoms with E-state index in [1.54, 1.807) is 24.6 Å².